The molecule has 4 heteroatoms. The van der Waals surface area contributed by atoms with E-state index in [1.807, 2.05) is 78.9 Å². The summed E-state index contributed by atoms with van der Waals surface area (Å²) in [6.07, 6.45) is 0.994. The second kappa shape index (κ2) is 9.72. The second-order valence-corrected chi connectivity index (χ2v) is 7.40. The zero-order chi connectivity index (χ0) is 21.5. The van der Waals surface area contributed by atoms with Crippen molar-refractivity contribution in [1.82, 2.24) is 5.32 Å². The number of amides is 2. The molecule has 4 aromatic carbocycles. The summed E-state index contributed by atoms with van der Waals surface area (Å²) in [7, 11) is 0. The van der Waals surface area contributed by atoms with Crippen molar-refractivity contribution >= 4 is 28.3 Å². The Morgan fingerprint density at radius 1 is 0.710 bits per heavy atom. The van der Waals surface area contributed by atoms with Crippen LogP contribution in [0.15, 0.2) is 97.1 Å². The van der Waals surface area contributed by atoms with Crippen molar-refractivity contribution < 1.29 is 9.59 Å². The summed E-state index contributed by atoms with van der Waals surface area (Å²) in [6, 6.07) is 31.1. The van der Waals surface area contributed by atoms with Gasteiger partial charge in [0.2, 0.25) is 5.91 Å². The number of rotatable bonds is 7. The third-order valence-electron chi connectivity index (χ3n) is 5.22. The van der Waals surface area contributed by atoms with Crippen LogP contribution in [0.4, 0.5) is 5.69 Å². The number of carbonyl (C=O) groups is 2. The lowest BCUT2D eigenvalue weighted by Crippen LogP contribution is -2.27. The van der Waals surface area contributed by atoms with E-state index < -0.39 is 0 Å². The van der Waals surface area contributed by atoms with Crippen LogP contribution in [0.25, 0.3) is 10.8 Å². The molecule has 0 aliphatic rings. The topological polar surface area (TPSA) is 58.2 Å². The Morgan fingerprint density at radius 3 is 2.29 bits per heavy atom. The van der Waals surface area contributed by atoms with Crippen molar-refractivity contribution in [1.29, 1.82) is 0 Å². The first kappa shape index (κ1) is 20.4. The number of carbonyl (C=O) groups excluding carboxylic acids is 2. The zero-order valence-electron chi connectivity index (χ0n) is 17.2. The Hall–Kier alpha value is -3.92. The highest BCUT2D eigenvalue weighted by Gasteiger charge is 2.14. The molecule has 0 saturated heterocycles. The molecule has 4 nitrogen and oxygen atoms in total. The normalized spacial score (nSPS) is 10.6. The van der Waals surface area contributed by atoms with Gasteiger partial charge in [0.25, 0.3) is 5.91 Å². The Bertz CT molecular complexity index is 1200. The molecule has 0 atom stereocenters. The van der Waals surface area contributed by atoms with E-state index in [1.54, 1.807) is 18.2 Å². The van der Waals surface area contributed by atoms with Gasteiger partial charge >= 0.3 is 0 Å². The van der Waals surface area contributed by atoms with Crippen LogP contribution in [0.5, 0.6) is 0 Å². The highest BCUT2D eigenvalue weighted by Crippen LogP contribution is 2.20. The molecule has 0 aliphatic heterocycles. The minimum Gasteiger partial charge on any atom is -0.352 e. The molecular weight excluding hydrogens is 384 g/mol. The number of para-hydroxylation sites is 1. The molecule has 0 bridgehead atoms. The first-order valence-electron chi connectivity index (χ1n) is 10.4. The van der Waals surface area contributed by atoms with E-state index in [2.05, 4.69) is 10.6 Å². The molecule has 2 amide bonds. The van der Waals surface area contributed by atoms with Crippen LogP contribution >= 0.6 is 0 Å². The molecule has 154 valence electrons. The van der Waals surface area contributed by atoms with E-state index >= 15 is 0 Å². The number of nitrogens with one attached hydrogen (secondary N) is 2. The van der Waals surface area contributed by atoms with Crippen LogP contribution in [-0.2, 0) is 17.6 Å². The molecule has 2 N–H and O–H groups in total. The smallest absolute Gasteiger partial charge is 0.253 e. The highest BCUT2D eigenvalue weighted by atomic mass is 16.2. The van der Waals surface area contributed by atoms with E-state index in [0.29, 0.717) is 17.8 Å². The van der Waals surface area contributed by atoms with Gasteiger partial charge < -0.3 is 10.6 Å². The summed E-state index contributed by atoms with van der Waals surface area (Å²) in [5, 5.41) is 8.02. The summed E-state index contributed by atoms with van der Waals surface area (Å²) in [5.41, 5.74) is 3.10. The fourth-order valence-corrected chi connectivity index (χ4v) is 3.66. The van der Waals surface area contributed by atoms with Gasteiger partial charge in [-0.2, -0.15) is 0 Å². The van der Waals surface area contributed by atoms with E-state index in [9.17, 15) is 9.59 Å². The van der Waals surface area contributed by atoms with Crippen molar-refractivity contribution in [3.63, 3.8) is 0 Å². The lowest BCUT2D eigenvalue weighted by atomic mass is 10.0. The van der Waals surface area contributed by atoms with E-state index in [4.69, 9.17) is 0 Å². The molecule has 0 heterocycles. The summed E-state index contributed by atoms with van der Waals surface area (Å²) >= 11 is 0. The Labute approximate surface area is 181 Å². The lowest BCUT2D eigenvalue weighted by molar-refractivity contribution is -0.115. The van der Waals surface area contributed by atoms with Crippen LogP contribution in [0, 0.1) is 0 Å². The number of fused-ring (bicyclic) bond motifs is 1. The maximum Gasteiger partial charge on any atom is 0.253 e. The average Bonchev–Trinajstić information content (AvgIpc) is 2.80. The number of hydrogen-bond acceptors (Lipinski definition) is 2. The number of hydrogen-bond donors (Lipinski definition) is 2. The van der Waals surface area contributed by atoms with Crippen LogP contribution in [0.3, 0.4) is 0 Å². The second-order valence-electron chi connectivity index (χ2n) is 7.40. The molecule has 4 rings (SSSR count). The monoisotopic (exact) mass is 408 g/mol. The molecule has 0 spiro atoms. The zero-order valence-corrected chi connectivity index (χ0v) is 17.2. The van der Waals surface area contributed by atoms with E-state index in [-0.39, 0.29) is 18.2 Å². The van der Waals surface area contributed by atoms with Gasteiger partial charge in [0, 0.05) is 6.54 Å². The molecule has 0 unspecified atom stereocenters. The minimum atomic E-state index is -0.197. The molecule has 0 aromatic heterocycles. The SMILES string of the molecule is O=C(Cc1cccc2ccccc12)Nc1ccccc1C(=O)NCCc1ccccc1. The van der Waals surface area contributed by atoms with Gasteiger partial charge in [-0.05, 0) is 40.5 Å². The van der Waals surface area contributed by atoms with Gasteiger partial charge in [-0.25, -0.2) is 0 Å². The summed E-state index contributed by atoms with van der Waals surface area (Å²) < 4.78 is 0. The van der Waals surface area contributed by atoms with Crippen molar-refractivity contribution in [2.75, 3.05) is 11.9 Å². The summed E-state index contributed by atoms with van der Waals surface area (Å²) in [4.78, 5) is 25.5. The predicted octanol–water partition coefficient (Wildman–Crippen LogP) is 4.99. The standard InChI is InChI=1S/C27H24N2O2/c30-26(19-22-13-8-12-21-11-4-5-14-23(21)22)29-25-16-7-6-15-24(25)27(31)28-18-17-20-9-2-1-3-10-20/h1-16H,17-19H2,(H,28,31)(H,29,30). The van der Waals surface area contributed by atoms with Gasteiger partial charge in [0.1, 0.15) is 0 Å². The van der Waals surface area contributed by atoms with E-state index in [1.165, 1.54) is 5.56 Å². The highest BCUT2D eigenvalue weighted by molar-refractivity contribution is 6.04. The van der Waals surface area contributed by atoms with Crippen molar-refractivity contribution in [2.45, 2.75) is 12.8 Å². The van der Waals surface area contributed by atoms with E-state index in [0.717, 1.165) is 22.8 Å². The Balaban J connectivity index is 1.42. The van der Waals surface area contributed by atoms with Gasteiger partial charge in [-0.3, -0.25) is 9.59 Å². The van der Waals surface area contributed by atoms with Crippen molar-refractivity contribution in [3.05, 3.63) is 114 Å². The molecule has 0 radical (unpaired) electrons. The minimum absolute atomic E-state index is 0.152. The first-order chi connectivity index (χ1) is 15.2. The van der Waals surface area contributed by atoms with Crippen LogP contribution in [0.1, 0.15) is 21.5 Å². The molecule has 0 saturated carbocycles. The first-order valence-corrected chi connectivity index (χ1v) is 10.4. The quantitative estimate of drug-likeness (QED) is 0.452. The van der Waals surface area contributed by atoms with Crippen molar-refractivity contribution in [3.8, 4) is 0 Å². The average molecular weight is 409 g/mol. The van der Waals surface area contributed by atoms with Gasteiger partial charge in [-0.15, -0.1) is 0 Å². The molecule has 0 aliphatic carbocycles. The molecule has 0 fully saturated rings. The lowest BCUT2D eigenvalue weighted by Gasteiger charge is -2.12. The fraction of sp³-hybridized carbons (Fsp3) is 0.111. The van der Waals surface area contributed by atoms with Crippen molar-refractivity contribution in [2.24, 2.45) is 0 Å². The Kier molecular flexibility index (Phi) is 6.38. The number of anilines is 1. The maximum absolute atomic E-state index is 12.8. The third kappa shape index (κ3) is 5.17. The Morgan fingerprint density at radius 2 is 1.42 bits per heavy atom. The van der Waals surface area contributed by atoms with Gasteiger partial charge in [0.15, 0.2) is 0 Å². The summed E-state index contributed by atoms with van der Waals surface area (Å²) in [5.74, 6) is -0.349. The third-order valence-corrected chi connectivity index (χ3v) is 5.22. The van der Waals surface area contributed by atoms with Crippen LogP contribution in [-0.4, -0.2) is 18.4 Å². The molecule has 31 heavy (non-hydrogen) atoms. The maximum atomic E-state index is 12.8. The van der Waals surface area contributed by atoms with Crippen LogP contribution < -0.4 is 10.6 Å². The van der Waals surface area contributed by atoms with Crippen LogP contribution in [0.2, 0.25) is 0 Å². The summed E-state index contributed by atoms with van der Waals surface area (Å²) in [6.45, 7) is 0.529. The largest absolute Gasteiger partial charge is 0.352 e. The molecular formula is C27H24N2O2. The number of benzene rings is 4. The fourth-order valence-electron chi connectivity index (χ4n) is 3.66. The van der Waals surface area contributed by atoms with Gasteiger partial charge in [0.05, 0.1) is 17.7 Å². The predicted molar refractivity (Wildman–Crippen MR) is 125 cm³/mol. The van der Waals surface area contributed by atoms with Gasteiger partial charge in [-0.1, -0.05) is 84.9 Å². The molecule has 4 aromatic rings.